The third-order valence-electron chi connectivity index (χ3n) is 5.75. The molecule has 23 heavy (non-hydrogen) atoms. The maximum Gasteiger partial charge on any atom is 0.220 e. The van der Waals surface area contributed by atoms with Gasteiger partial charge in [-0.1, -0.05) is 19.8 Å². The smallest absolute Gasteiger partial charge is 0.220 e. The van der Waals surface area contributed by atoms with E-state index in [1.807, 2.05) is 0 Å². The molecule has 0 aromatic heterocycles. The van der Waals surface area contributed by atoms with Gasteiger partial charge < -0.3 is 15.4 Å². The Morgan fingerprint density at radius 1 is 1.17 bits per heavy atom. The van der Waals surface area contributed by atoms with Crippen molar-refractivity contribution in [1.82, 2.24) is 10.6 Å². The summed E-state index contributed by atoms with van der Waals surface area (Å²) >= 11 is 0. The Morgan fingerprint density at radius 3 is 2.52 bits per heavy atom. The first-order chi connectivity index (χ1) is 11.2. The van der Waals surface area contributed by atoms with Crippen LogP contribution in [-0.2, 0) is 9.53 Å². The number of hydrogen-bond donors (Lipinski definition) is 2. The number of piperidine rings is 1. The van der Waals surface area contributed by atoms with Gasteiger partial charge in [-0.15, -0.1) is 0 Å². The van der Waals surface area contributed by atoms with E-state index in [2.05, 4.69) is 24.5 Å². The van der Waals surface area contributed by atoms with E-state index >= 15 is 0 Å². The summed E-state index contributed by atoms with van der Waals surface area (Å²) in [6.07, 6.45) is 9.67. The summed E-state index contributed by atoms with van der Waals surface area (Å²) in [6.45, 7) is 8.06. The standard InChI is InChI=1S/C19H36N2O2/c1-3-23-18(17-6-4-5-7-17)10-13-21-19(22)14-15(2)16-8-11-20-12-9-16/h15-18,20H,3-14H2,1-2H3,(H,21,22). The van der Waals surface area contributed by atoms with Crippen LogP contribution >= 0.6 is 0 Å². The zero-order chi connectivity index (χ0) is 16.5. The summed E-state index contributed by atoms with van der Waals surface area (Å²) < 4.78 is 5.93. The van der Waals surface area contributed by atoms with Crippen LogP contribution in [0.2, 0.25) is 0 Å². The number of carbonyl (C=O) groups excluding carboxylic acids is 1. The molecule has 2 unspecified atom stereocenters. The van der Waals surface area contributed by atoms with Crippen LogP contribution < -0.4 is 10.6 Å². The van der Waals surface area contributed by atoms with Crippen molar-refractivity contribution in [2.24, 2.45) is 17.8 Å². The van der Waals surface area contributed by atoms with Crippen molar-refractivity contribution in [2.45, 2.75) is 71.3 Å². The van der Waals surface area contributed by atoms with Crippen molar-refractivity contribution in [1.29, 1.82) is 0 Å². The fourth-order valence-corrected chi connectivity index (χ4v) is 4.30. The second kappa shape index (κ2) is 10.3. The van der Waals surface area contributed by atoms with Gasteiger partial charge in [0.15, 0.2) is 0 Å². The van der Waals surface area contributed by atoms with Crippen molar-refractivity contribution < 1.29 is 9.53 Å². The van der Waals surface area contributed by atoms with Gasteiger partial charge in [-0.25, -0.2) is 0 Å². The zero-order valence-corrected chi connectivity index (χ0v) is 15.1. The van der Waals surface area contributed by atoms with Gasteiger partial charge in [0.1, 0.15) is 0 Å². The van der Waals surface area contributed by atoms with E-state index in [4.69, 9.17) is 4.74 Å². The summed E-state index contributed by atoms with van der Waals surface area (Å²) in [4.78, 5) is 12.2. The molecule has 0 spiro atoms. The Kier molecular flexibility index (Phi) is 8.38. The van der Waals surface area contributed by atoms with Gasteiger partial charge in [-0.05, 0) is 69.9 Å². The van der Waals surface area contributed by atoms with E-state index in [1.165, 1.54) is 38.5 Å². The number of ether oxygens (including phenoxy) is 1. The monoisotopic (exact) mass is 324 g/mol. The second-order valence-corrected chi connectivity index (χ2v) is 7.45. The molecule has 2 N–H and O–H groups in total. The van der Waals surface area contributed by atoms with Gasteiger partial charge in [-0.3, -0.25) is 4.79 Å². The molecule has 2 aliphatic rings. The lowest BCUT2D eigenvalue weighted by Crippen LogP contribution is -2.35. The summed E-state index contributed by atoms with van der Waals surface area (Å²) in [5.41, 5.74) is 0. The lowest BCUT2D eigenvalue weighted by atomic mass is 9.84. The number of nitrogens with one attached hydrogen (secondary N) is 2. The predicted octanol–water partition coefficient (Wildman–Crippen LogP) is 3.11. The Bertz CT molecular complexity index is 336. The fourth-order valence-electron chi connectivity index (χ4n) is 4.30. The van der Waals surface area contributed by atoms with Crippen molar-refractivity contribution in [2.75, 3.05) is 26.2 Å². The van der Waals surface area contributed by atoms with E-state index in [-0.39, 0.29) is 5.91 Å². The van der Waals surface area contributed by atoms with Crippen LogP contribution in [-0.4, -0.2) is 38.3 Å². The number of hydrogen-bond acceptors (Lipinski definition) is 3. The average Bonchev–Trinajstić information content (AvgIpc) is 3.09. The van der Waals surface area contributed by atoms with E-state index in [1.54, 1.807) is 0 Å². The van der Waals surface area contributed by atoms with Crippen molar-refractivity contribution >= 4 is 5.91 Å². The van der Waals surface area contributed by atoms with Crippen LogP contribution in [0.1, 0.15) is 65.2 Å². The molecular weight excluding hydrogens is 288 g/mol. The van der Waals surface area contributed by atoms with Crippen LogP contribution in [0.4, 0.5) is 0 Å². The third-order valence-corrected chi connectivity index (χ3v) is 5.75. The molecular formula is C19H36N2O2. The maximum absolute atomic E-state index is 12.2. The Hall–Kier alpha value is -0.610. The quantitative estimate of drug-likeness (QED) is 0.685. The molecule has 0 aromatic carbocycles. The average molecular weight is 325 g/mol. The van der Waals surface area contributed by atoms with Gasteiger partial charge >= 0.3 is 0 Å². The van der Waals surface area contributed by atoms with E-state index in [0.29, 0.717) is 30.3 Å². The van der Waals surface area contributed by atoms with Crippen molar-refractivity contribution in [3.63, 3.8) is 0 Å². The van der Waals surface area contributed by atoms with Crippen LogP contribution in [0.15, 0.2) is 0 Å². The predicted molar refractivity (Wildman–Crippen MR) is 94.4 cm³/mol. The second-order valence-electron chi connectivity index (χ2n) is 7.45. The SMILES string of the molecule is CCOC(CCNC(=O)CC(C)C1CCNCC1)C1CCCC1. The Balaban J connectivity index is 1.64. The van der Waals surface area contributed by atoms with E-state index < -0.39 is 0 Å². The highest BCUT2D eigenvalue weighted by Crippen LogP contribution is 2.30. The molecule has 1 aliphatic carbocycles. The van der Waals surface area contributed by atoms with Crippen LogP contribution in [0.3, 0.4) is 0 Å². The molecule has 4 nitrogen and oxygen atoms in total. The molecule has 4 heteroatoms. The fraction of sp³-hybridized carbons (Fsp3) is 0.947. The van der Waals surface area contributed by atoms with Crippen LogP contribution in [0.5, 0.6) is 0 Å². The molecule has 1 heterocycles. The molecule has 1 aliphatic heterocycles. The number of rotatable bonds is 9. The summed E-state index contributed by atoms with van der Waals surface area (Å²) in [5, 5.41) is 6.52. The minimum atomic E-state index is 0.220. The molecule has 0 radical (unpaired) electrons. The molecule has 1 saturated heterocycles. The minimum Gasteiger partial charge on any atom is -0.378 e. The lowest BCUT2D eigenvalue weighted by Gasteiger charge is -2.28. The minimum absolute atomic E-state index is 0.220. The first-order valence-corrected chi connectivity index (χ1v) is 9.79. The molecule has 134 valence electrons. The van der Waals surface area contributed by atoms with Gasteiger partial charge in [0.05, 0.1) is 6.10 Å². The first kappa shape index (κ1) is 18.7. The first-order valence-electron chi connectivity index (χ1n) is 9.79. The third kappa shape index (κ3) is 6.42. The normalized spacial score (nSPS) is 22.9. The molecule has 2 atom stereocenters. The van der Waals surface area contributed by atoms with Gasteiger partial charge in [0.25, 0.3) is 0 Å². The molecule has 0 aromatic rings. The van der Waals surface area contributed by atoms with Gasteiger partial charge in [-0.2, -0.15) is 0 Å². The van der Waals surface area contributed by atoms with Gasteiger partial charge in [0.2, 0.25) is 5.91 Å². The molecule has 2 rings (SSSR count). The summed E-state index contributed by atoms with van der Waals surface area (Å²) in [6, 6.07) is 0. The van der Waals surface area contributed by atoms with Crippen LogP contribution in [0, 0.1) is 17.8 Å². The largest absolute Gasteiger partial charge is 0.378 e. The van der Waals surface area contributed by atoms with Gasteiger partial charge in [0, 0.05) is 19.6 Å². The molecule has 2 fully saturated rings. The van der Waals surface area contributed by atoms with E-state index in [0.717, 1.165) is 32.7 Å². The number of carbonyl (C=O) groups is 1. The highest BCUT2D eigenvalue weighted by Gasteiger charge is 2.26. The highest BCUT2D eigenvalue weighted by atomic mass is 16.5. The van der Waals surface area contributed by atoms with Crippen molar-refractivity contribution in [3.05, 3.63) is 0 Å². The summed E-state index contributed by atoms with van der Waals surface area (Å²) in [5.74, 6) is 2.13. The van der Waals surface area contributed by atoms with Crippen molar-refractivity contribution in [3.8, 4) is 0 Å². The van der Waals surface area contributed by atoms with Crippen LogP contribution in [0.25, 0.3) is 0 Å². The topological polar surface area (TPSA) is 50.4 Å². The molecule has 0 bridgehead atoms. The zero-order valence-electron chi connectivity index (χ0n) is 15.1. The highest BCUT2D eigenvalue weighted by molar-refractivity contribution is 5.76. The lowest BCUT2D eigenvalue weighted by molar-refractivity contribution is -0.122. The Morgan fingerprint density at radius 2 is 1.87 bits per heavy atom. The van der Waals surface area contributed by atoms with E-state index in [9.17, 15) is 4.79 Å². The Labute approximate surface area is 142 Å². The number of amides is 1. The molecule has 1 saturated carbocycles. The molecule has 1 amide bonds. The summed E-state index contributed by atoms with van der Waals surface area (Å²) in [7, 11) is 0. The maximum atomic E-state index is 12.2.